The third-order valence-corrected chi connectivity index (χ3v) is 12.2. The zero-order valence-electron chi connectivity index (χ0n) is 33.2. The minimum Gasteiger partial charge on any atom is -0.456 e. The van der Waals surface area contributed by atoms with Crippen molar-refractivity contribution in [3.63, 3.8) is 0 Å². The standard InChI is InChI=1S/C58H38N2O/c1-2-13-48-41(11-1)12-9-17-49(48)42-29-33-45(34-30-42)59(46-35-37-47(38-36-46)60-54-19-6-3-14-51(54)52-15-4-7-20-55(52)60)44-31-27-40(28-32-44)39-23-25-43(26-24-39)50-18-10-22-57-58(50)53-16-5-8-21-56(53)61-57/h1-38H. The van der Waals surface area contributed by atoms with Crippen LogP contribution in [0, 0.1) is 0 Å². The molecular formula is C58H38N2O. The van der Waals surface area contributed by atoms with E-state index in [1.165, 1.54) is 60.4 Å². The van der Waals surface area contributed by atoms with E-state index in [4.69, 9.17) is 4.42 Å². The van der Waals surface area contributed by atoms with E-state index in [-0.39, 0.29) is 0 Å². The van der Waals surface area contributed by atoms with Gasteiger partial charge in [-0.2, -0.15) is 0 Å². The fourth-order valence-electron chi connectivity index (χ4n) is 9.33. The Hall–Kier alpha value is -8.14. The molecule has 0 unspecified atom stereocenters. The Kier molecular flexibility index (Phi) is 8.17. The molecule has 0 radical (unpaired) electrons. The summed E-state index contributed by atoms with van der Waals surface area (Å²) in [6.45, 7) is 0. The Morgan fingerprint density at radius 2 is 0.754 bits per heavy atom. The van der Waals surface area contributed by atoms with Crippen LogP contribution in [-0.2, 0) is 0 Å². The number of fused-ring (bicyclic) bond motifs is 7. The van der Waals surface area contributed by atoms with Crippen molar-refractivity contribution in [1.82, 2.24) is 4.57 Å². The van der Waals surface area contributed by atoms with E-state index < -0.39 is 0 Å². The van der Waals surface area contributed by atoms with Gasteiger partial charge in [0, 0.05) is 44.3 Å². The monoisotopic (exact) mass is 778 g/mol. The van der Waals surface area contributed by atoms with Crippen molar-refractivity contribution in [2.24, 2.45) is 0 Å². The number of nitrogens with zero attached hydrogens (tertiary/aromatic N) is 2. The summed E-state index contributed by atoms with van der Waals surface area (Å²) in [6.07, 6.45) is 0. The van der Waals surface area contributed by atoms with Crippen molar-refractivity contribution >= 4 is 71.6 Å². The first-order valence-corrected chi connectivity index (χ1v) is 20.8. The van der Waals surface area contributed by atoms with Gasteiger partial charge in [-0.15, -0.1) is 0 Å². The number of furan rings is 1. The van der Waals surface area contributed by atoms with Gasteiger partial charge in [0.2, 0.25) is 0 Å². The lowest BCUT2D eigenvalue weighted by atomic mass is 9.97. The number of anilines is 3. The van der Waals surface area contributed by atoms with Crippen LogP contribution in [0.15, 0.2) is 235 Å². The fraction of sp³-hybridized carbons (Fsp3) is 0. The molecule has 0 saturated carbocycles. The minimum absolute atomic E-state index is 0.910. The number of hydrogen-bond donors (Lipinski definition) is 0. The van der Waals surface area contributed by atoms with Crippen LogP contribution in [0.5, 0.6) is 0 Å². The molecule has 0 spiro atoms. The third kappa shape index (κ3) is 5.90. The van der Waals surface area contributed by atoms with Gasteiger partial charge in [0.05, 0.1) is 11.0 Å². The number of hydrogen-bond acceptors (Lipinski definition) is 2. The third-order valence-electron chi connectivity index (χ3n) is 12.2. The Labute approximate surface area is 353 Å². The molecule has 0 N–H and O–H groups in total. The smallest absolute Gasteiger partial charge is 0.136 e. The first-order chi connectivity index (χ1) is 30.2. The highest BCUT2D eigenvalue weighted by atomic mass is 16.3. The van der Waals surface area contributed by atoms with Gasteiger partial charge in [-0.3, -0.25) is 0 Å². The summed E-state index contributed by atoms with van der Waals surface area (Å²) in [5.41, 5.74) is 15.7. The van der Waals surface area contributed by atoms with Crippen LogP contribution in [0.25, 0.3) is 93.6 Å². The van der Waals surface area contributed by atoms with Gasteiger partial charge in [0.25, 0.3) is 0 Å². The van der Waals surface area contributed by atoms with Gasteiger partial charge in [-0.1, -0.05) is 158 Å². The zero-order chi connectivity index (χ0) is 40.3. The Bertz CT molecular complexity index is 3500. The van der Waals surface area contributed by atoms with Crippen molar-refractivity contribution in [1.29, 1.82) is 0 Å². The van der Waals surface area contributed by atoms with Crippen molar-refractivity contribution < 1.29 is 4.42 Å². The molecule has 2 aromatic heterocycles. The number of para-hydroxylation sites is 3. The van der Waals surface area contributed by atoms with Crippen molar-refractivity contribution in [2.75, 3.05) is 4.90 Å². The predicted molar refractivity (Wildman–Crippen MR) is 257 cm³/mol. The van der Waals surface area contributed by atoms with Gasteiger partial charge in [0.1, 0.15) is 11.2 Å². The van der Waals surface area contributed by atoms with Gasteiger partial charge in [-0.25, -0.2) is 0 Å². The topological polar surface area (TPSA) is 21.3 Å². The molecule has 10 aromatic carbocycles. The first-order valence-electron chi connectivity index (χ1n) is 20.8. The summed E-state index contributed by atoms with van der Waals surface area (Å²) in [5, 5.41) is 7.31. The molecule has 0 amide bonds. The van der Waals surface area contributed by atoms with Crippen LogP contribution < -0.4 is 4.90 Å². The molecule has 0 aliphatic rings. The molecule has 12 aromatic rings. The lowest BCUT2D eigenvalue weighted by molar-refractivity contribution is 0.669. The molecule has 0 bridgehead atoms. The van der Waals surface area contributed by atoms with Gasteiger partial charge >= 0.3 is 0 Å². The van der Waals surface area contributed by atoms with Gasteiger partial charge in [-0.05, 0) is 117 Å². The second kappa shape index (κ2) is 14.3. The number of rotatable bonds is 7. The van der Waals surface area contributed by atoms with Gasteiger partial charge < -0.3 is 13.9 Å². The Balaban J connectivity index is 0.915. The molecule has 2 heterocycles. The van der Waals surface area contributed by atoms with Crippen LogP contribution in [-0.4, -0.2) is 4.57 Å². The lowest BCUT2D eigenvalue weighted by Crippen LogP contribution is -2.10. The average Bonchev–Trinajstić information content (AvgIpc) is 3.89. The van der Waals surface area contributed by atoms with E-state index in [9.17, 15) is 0 Å². The Morgan fingerprint density at radius 3 is 1.43 bits per heavy atom. The normalized spacial score (nSPS) is 11.6. The summed E-state index contributed by atoms with van der Waals surface area (Å²) < 4.78 is 8.56. The maximum atomic E-state index is 6.19. The lowest BCUT2D eigenvalue weighted by Gasteiger charge is -2.26. The van der Waals surface area contributed by atoms with Crippen molar-refractivity contribution in [3.05, 3.63) is 231 Å². The van der Waals surface area contributed by atoms with E-state index in [1.54, 1.807) is 0 Å². The molecule has 0 aliphatic carbocycles. The van der Waals surface area contributed by atoms with Crippen LogP contribution in [0.3, 0.4) is 0 Å². The fourth-order valence-corrected chi connectivity index (χ4v) is 9.33. The predicted octanol–water partition coefficient (Wildman–Crippen LogP) is 16.3. The molecule has 3 heteroatoms. The van der Waals surface area contributed by atoms with E-state index in [1.807, 2.05) is 12.1 Å². The van der Waals surface area contributed by atoms with Crippen molar-refractivity contribution in [2.45, 2.75) is 0 Å². The maximum Gasteiger partial charge on any atom is 0.136 e. The second-order valence-electron chi connectivity index (χ2n) is 15.7. The molecule has 0 aliphatic heterocycles. The molecule has 0 saturated heterocycles. The van der Waals surface area contributed by atoms with Gasteiger partial charge in [0.15, 0.2) is 0 Å². The Morgan fingerprint density at radius 1 is 0.311 bits per heavy atom. The minimum atomic E-state index is 0.910. The molecule has 0 atom stereocenters. The molecule has 3 nitrogen and oxygen atoms in total. The quantitative estimate of drug-likeness (QED) is 0.161. The highest BCUT2D eigenvalue weighted by molar-refractivity contribution is 6.12. The summed E-state index contributed by atoms with van der Waals surface area (Å²) >= 11 is 0. The SMILES string of the molecule is c1ccc2c(-c3ccc(N(c4ccc(-c5ccc(-c6cccc7oc8ccccc8c67)cc5)cc4)c4ccc(-n5c6ccccc6c6ccccc65)cc4)cc3)cccc2c1. The molecule has 12 rings (SSSR count). The van der Waals surface area contributed by atoms with Crippen LogP contribution in [0.2, 0.25) is 0 Å². The second-order valence-corrected chi connectivity index (χ2v) is 15.7. The van der Waals surface area contributed by atoms with Crippen LogP contribution in [0.4, 0.5) is 17.1 Å². The molecule has 61 heavy (non-hydrogen) atoms. The summed E-state index contributed by atoms with van der Waals surface area (Å²) in [4.78, 5) is 2.35. The van der Waals surface area contributed by atoms with E-state index in [0.717, 1.165) is 50.3 Å². The number of benzene rings is 10. The summed E-state index contributed by atoms with van der Waals surface area (Å²) in [7, 11) is 0. The summed E-state index contributed by atoms with van der Waals surface area (Å²) in [5.74, 6) is 0. The van der Waals surface area contributed by atoms with E-state index in [0.29, 0.717) is 0 Å². The average molecular weight is 779 g/mol. The highest BCUT2D eigenvalue weighted by Crippen LogP contribution is 2.41. The maximum absolute atomic E-state index is 6.19. The van der Waals surface area contributed by atoms with Crippen LogP contribution in [0.1, 0.15) is 0 Å². The summed E-state index contributed by atoms with van der Waals surface area (Å²) in [6, 6.07) is 82.9. The largest absolute Gasteiger partial charge is 0.456 e. The highest BCUT2D eigenvalue weighted by Gasteiger charge is 2.17. The van der Waals surface area contributed by atoms with E-state index >= 15 is 0 Å². The van der Waals surface area contributed by atoms with Crippen LogP contribution >= 0.6 is 0 Å². The molecular weight excluding hydrogens is 741 g/mol. The first kappa shape index (κ1) is 34.9. The number of aromatic nitrogens is 1. The van der Waals surface area contributed by atoms with Crippen molar-refractivity contribution in [3.8, 4) is 39.1 Å². The molecule has 0 fully saturated rings. The molecule has 286 valence electrons. The van der Waals surface area contributed by atoms with E-state index in [2.05, 4.69) is 228 Å². The zero-order valence-corrected chi connectivity index (χ0v) is 33.2.